The van der Waals surface area contributed by atoms with Crippen molar-refractivity contribution in [2.45, 2.75) is 44.1 Å². The van der Waals surface area contributed by atoms with Crippen molar-refractivity contribution in [3.8, 4) is 17.2 Å². The lowest BCUT2D eigenvalue weighted by Crippen LogP contribution is -2.37. The molecule has 0 bridgehead atoms. The summed E-state index contributed by atoms with van der Waals surface area (Å²) in [5, 5.41) is 4.60. The van der Waals surface area contributed by atoms with Crippen LogP contribution < -0.4 is 0 Å². The number of likely N-dealkylation sites (N-methyl/N-ethyl adjacent to an activating group) is 1. The van der Waals surface area contributed by atoms with E-state index in [0.717, 1.165) is 43.5 Å². The van der Waals surface area contributed by atoms with Crippen LogP contribution >= 0.6 is 0 Å². The average molecular weight is 415 g/mol. The number of benzene rings is 1. The minimum atomic E-state index is 0.00644. The molecular weight excluding hydrogens is 390 g/mol. The first kappa shape index (κ1) is 18.7. The van der Waals surface area contributed by atoms with E-state index in [1.807, 2.05) is 18.1 Å². The Morgan fingerprint density at radius 3 is 2.77 bits per heavy atom. The van der Waals surface area contributed by atoms with Gasteiger partial charge in [0.1, 0.15) is 0 Å². The molecule has 7 heteroatoms. The van der Waals surface area contributed by atoms with E-state index in [4.69, 9.17) is 9.72 Å². The van der Waals surface area contributed by atoms with Crippen LogP contribution in [0.25, 0.3) is 17.2 Å². The number of aryl methyl sites for hydroxylation is 2. The largest absolute Gasteiger partial charge is 0.379 e. The van der Waals surface area contributed by atoms with Crippen molar-refractivity contribution in [3.63, 3.8) is 0 Å². The lowest BCUT2D eigenvalue weighted by molar-refractivity contribution is 0.0710. The molecule has 7 nitrogen and oxygen atoms in total. The Labute approximate surface area is 181 Å². The molecule has 2 aromatic heterocycles. The zero-order valence-corrected chi connectivity index (χ0v) is 17.6. The zero-order chi connectivity index (χ0) is 20.9. The molecule has 31 heavy (non-hydrogen) atoms. The van der Waals surface area contributed by atoms with Crippen LogP contribution in [0.5, 0.6) is 0 Å². The summed E-state index contributed by atoms with van der Waals surface area (Å²) in [7, 11) is 1.86. The van der Waals surface area contributed by atoms with Gasteiger partial charge >= 0.3 is 0 Å². The van der Waals surface area contributed by atoms with Crippen molar-refractivity contribution >= 4 is 5.91 Å². The zero-order valence-electron chi connectivity index (χ0n) is 17.6. The van der Waals surface area contributed by atoms with E-state index in [2.05, 4.69) is 34.3 Å². The number of fused-ring (bicyclic) bond motifs is 3. The maximum Gasteiger partial charge on any atom is 0.257 e. The number of carbonyl (C=O) groups is 1. The number of aromatic nitrogens is 4. The number of ether oxygens (including phenoxy) is 1. The minimum absolute atomic E-state index is 0.00644. The number of hydrogen-bond acceptors (Lipinski definition) is 5. The molecule has 3 aromatic rings. The molecule has 0 N–H and O–H groups in total. The van der Waals surface area contributed by atoms with Crippen LogP contribution in [0.3, 0.4) is 0 Å². The van der Waals surface area contributed by atoms with E-state index in [1.54, 1.807) is 10.9 Å². The molecule has 1 amide bonds. The third-order valence-corrected chi connectivity index (χ3v) is 6.75. The fraction of sp³-hybridized carbons (Fsp3) is 0.417. The molecule has 158 valence electrons. The van der Waals surface area contributed by atoms with Crippen LogP contribution in [0.1, 0.15) is 52.4 Å². The summed E-state index contributed by atoms with van der Waals surface area (Å²) in [6, 6.07) is 8.55. The van der Waals surface area contributed by atoms with E-state index in [9.17, 15) is 4.79 Å². The molecule has 2 fully saturated rings. The molecule has 2 aliphatic carbocycles. The van der Waals surface area contributed by atoms with Gasteiger partial charge in [0.2, 0.25) is 0 Å². The molecule has 0 radical (unpaired) electrons. The second-order valence-corrected chi connectivity index (χ2v) is 8.76. The van der Waals surface area contributed by atoms with Gasteiger partial charge in [-0.05, 0) is 43.2 Å². The Balaban J connectivity index is 1.40. The standard InChI is InChI=1S/C24H25N5O2/c1-28(18-10-11-31-14-18)23(30)20-13-26-29(22(20)16-7-8-16)24-25-12-17-9-6-15-4-2-3-5-19(15)21(17)27-24/h2-5,12-13,16,18H,6-11,14H2,1H3/t18-/m0/s1. The lowest BCUT2D eigenvalue weighted by atomic mass is 9.90. The Morgan fingerprint density at radius 2 is 1.97 bits per heavy atom. The molecule has 3 aliphatic rings. The monoisotopic (exact) mass is 415 g/mol. The van der Waals surface area contributed by atoms with E-state index in [-0.39, 0.29) is 11.9 Å². The predicted molar refractivity (Wildman–Crippen MR) is 115 cm³/mol. The fourth-order valence-corrected chi connectivity index (χ4v) is 4.77. The van der Waals surface area contributed by atoms with Crippen molar-refractivity contribution < 1.29 is 9.53 Å². The summed E-state index contributed by atoms with van der Waals surface area (Å²) in [4.78, 5) is 24.7. The van der Waals surface area contributed by atoms with E-state index in [1.165, 1.54) is 16.7 Å². The third-order valence-electron chi connectivity index (χ3n) is 6.75. The van der Waals surface area contributed by atoms with Gasteiger partial charge in [-0.1, -0.05) is 24.3 Å². The second kappa shape index (κ2) is 7.27. The smallest absolute Gasteiger partial charge is 0.257 e. The number of rotatable bonds is 4. The number of carbonyl (C=O) groups excluding carboxylic acids is 1. The highest BCUT2D eigenvalue weighted by molar-refractivity contribution is 5.95. The van der Waals surface area contributed by atoms with Crippen LogP contribution in [-0.4, -0.2) is 56.9 Å². The highest BCUT2D eigenvalue weighted by atomic mass is 16.5. The average Bonchev–Trinajstić information content (AvgIpc) is 3.32. The lowest BCUT2D eigenvalue weighted by Gasteiger charge is -2.23. The summed E-state index contributed by atoms with van der Waals surface area (Å²) in [6.45, 7) is 1.31. The first-order chi connectivity index (χ1) is 15.2. The van der Waals surface area contributed by atoms with E-state index in [0.29, 0.717) is 30.6 Å². The van der Waals surface area contributed by atoms with E-state index >= 15 is 0 Å². The van der Waals surface area contributed by atoms with Crippen LogP contribution in [0, 0.1) is 0 Å². The van der Waals surface area contributed by atoms with Gasteiger partial charge in [-0.15, -0.1) is 0 Å². The van der Waals surface area contributed by atoms with Crippen molar-refractivity contribution in [1.29, 1.82) is 0 Å². The van der Waals surface area contributed by atoms with Crippen molar-refractivity contribution in [2.75, 3.05) is 20.3 Å². The maximum atomic E-state index is 13.3. The molecule has 6 rings (SSSR count). The quantitative estimate of drug-likeness (QED) is 0.654. The van der Waals surface area contributed by atoms with Gasteiger partial charge in [-0.3, -0.25) is 4.79 Å². The predicted octanol–water partition coefficient (Wildman–Crippen LogP) is 3.17. The summed E-state index contributed by atoms with van der Waals surface area (Å²) >= 11 is 0. The number of amides is 1. The van der Waals surface area contributed by atoms with E-state index < -0.39 is 0 Å². The molecule has 1 atom stereocenters. The molecule has 1 saturated carbocycles. The molecule has 1 aromatic carbocycles. The summed E-state index contributed by atoms with van der Waals surface area (Å²) in [6.07, 6.45) is 8.58. The Hall–Kier alpha value is -3.06. The first-order valence-electron chi connectivity index (χ1n) is 11.1. The summed E-state index contributed by atoms with van der Waals surface area (Å²) in [5.74, 6) is 0.886. The second-order valence-electron chi connectivity index (χ2n) is 8.76. The van der Waals surface area contributed by atoms with Crippen LogP contribution in [0.4, 0.5) is 0 Å². The van der Waals surface area contributed by atoms with Gasteiger partial charge in [-0.2, -0.15) is 5.10 Å². The molecule has 1 aliphatic heterocycles. The summed E-state index contributed by atoms with van der Waals surface area (Å²) in [5.41, 5.74) is 6.25. The van der Waals surface area contributed by atoms with Gasteiger partial charge in [0.25, 0.3) is 11.9 Å². The van der Waals surface area contributed by atoms with Crippen LogP contribution in [0.2, 0.25) is 0 Å². The minimum Gasteiger partial charge on any atom is -0.379 e. The van der Waals surface area contributed by atoms with Gasteiger partial charge in [-0.25, -0.2) is 14.6 Å². The maximum absolute atomic E-state index is 13.3. The van der Waals surface area contributed by atoms with Gasteiger partial charge < -0.3 is 9.64 Å². The van der Waals surface area contributed by atoms with Gasteiger partial charge in [0.15, 0.2) is 0 Å². The van der Waals surface area contributed by atoms with Gasteiger partial charge in [0.05, 0.1) is 35.8 Å². The fourth-order valence-electron chi connectivity index (χ4n) is 4.77. The highest BCUT2D eigenvalue weighted by Crippen LogP contribution is 2.43. The van der Waals surface area contributed by atoms with Gasteiger partial charge in [0, 0.05) is 31.3 Å². The Bertz CT molecular complexity index is 1160. The molecular formula is C24H25N5O2. The van der Waals surface area contributed by atoms with Crippen LogP contribution in [0.15, 0.2) is 36.7 Å². The Kier molecular flexibility index (Phi) is 4.38. The van der Waals surface area contributed by atoms with Crippen LogP contribution in [-0.2, 0) is 17.6 Å². The van der Waals surface area contributed by atoms with Crippen molar-refractivity contribution in [3.05, 3.63) is 59.0 Å². The molecule has 1 saturated heterocycles. The molecule has 3 heterocycles. The number of nitrogens with zero attached hydrogens (tertiary/aromatic N) is 5. The summed E-state index contributed by atoms with van der Waals surface area (Å²) < 4.78 is 7.27. The normalized spacial score (nSPS) is 19.7. The Morgan fingerprint density at radius 1 is 1.13 bits per heavy atom. The molecule has 0 unspecified atom stereocenters. The van der Waals surface area contributed by atoms with Crippen molar-refractivity contribution in [1.82, 2.24) is 24.6 Å². The van der Waals surface area contributed by atoms with Crippen molar-refractivity contribution in [2.24, 2.45) is 0 Å². The third kappa shape index (κ3) is 3.15. The number of hydrogen-bond donors (Lipinski definition) is 0. The SMILES string of the molecule is CN(C(=O)c1cnn(-c2ncc3c(n2)-c2ccccc2CC3)c1C1CC1)[C@H]1CCOC1. The highest BCUT2D eigenvalue weighted by Gasteiger charge is 2.36. The topological polar surface area (TPSA) is 73.1 Å². The first-order valence-corrected chi connectivity index (χ1v) is 11.1. The molecule has 0 spiro atoms.